The van der Waals surface area contributed by atoms with Crippen molar-refractivity contribution in [3.63, 3.8) is 0 Å². The van der Waals surface area contributed by atoms with Crippen LogP contribution in [0.5, 0.6) is 0 Å². The summed E-state index contributed by atoms with van der Waals surface area (Å²) >= 11 is 0. The molecule has 1 fully saturated rings. The van der Waals surface area contributed by atoms with E-state index in [4.69, 9.17) is 5.73 Å². The molecule has 0 heterocycles. The summed E-state index contributed by atoms with van der Waals surface area (Å²) in [5.41, 5.74) is 5.93. The molecular weight excluding hydrogens is 223 g/mol. The Hall–Kier alpha value is -1.49. The van der Waals surface area contributed by atoms with Gasteiger partial charge in [0.15, 0.2) is 0 Å². The van der Waals surface area contributed by atoms with Gasteiger partial charge in [-0.2, -0.15) is 4.39 Å². The van der Waals surface area contributed by atoms with Gasteiger partial charge < -0.3 is 5.73 Å². The Balaban J connectivity index is 2.38. The molecule has 4 nitrogen and oxygen atoms in total. The average Bonchev–Trinajstić information content (AvgIpc) is 2.24. The smallest absolute Gasteiger partial charge is 0.305 e. The van der Waals surface area contributed by atoms with E-state index in [2.05, 4.69) is 0 Å². The molecule has 1 saturated carbocycles. The van der Waals surface area contributed by atoms with Crippen LogP contribution in [0, 0.1) is 15.9 Å². The Labute approximate surface area is 98.8 Å². The van der Waals surface area contributed by atoms with E-state index in [1.54, 1.807) is 6.07 Å². The number of rotatable bonds is 4. The van der Waals surface area contributed by atoms with Gasteiger partial charge in [-0.15, -0.1) is 0 Å². The lowest BCUT2D eigenvalue weighted by atomic mass is 9.62. The Morgan fingerprint density at radius 1 is 1.47 bits per heavy atom. The standard InChI is InChI=1S/C12H15FN2O2/c13-10-3-2-9(8-11(10)15(16)17)12(6-7-14)4-1-5-12/h2-3,8H,1,4-7,14H2. The van der Waals surface area contributed by atoms with E-state index in [0.29, 0.717) is 6.54 Å². The van der Waals surface area contributed by atoms with Crippen LogP contribution in [0.2, 0.25) is 0 Å². The second-order valence-corrected chi connectivity index (χ2v) is 4.60. The Kier molecular flexibility index (Phi) is 3.11. The summed E-state index contributed by atoms with van der Waals surface area (Å²) in [5, 5.41) is 10.7. The number of hydrogen-bond donors (Lipinski definition) is 1. The Morgan fingerprint density at radius 3 is 2.65 bits per heavy atom. The van der Waals surface area contributed by atoms with Crippen molar-refractivity contribution < 1.29 is 9.31 Å². The molecule has 0 radical (unpaired) electrons. The molecule has 1 aliphatic rings. The van der Waals surface area contributed by atoms with E-state index in [-0.39, 0.29) is 5.41 Å². The number of nitrogens with zero attached hydrogens (tertiary/aromatic N) is 1. The maximum absolute atomic E-state index is 13.3. The van der Waals surface area contributed by atoms with Crippen LogP contribution in [0.25, 0.3) is 0 Å². The van der Waals surface area contributed by atoms with Crippen molar-refractivity contribution in [2.75, 3.05) is 6.54 Å². The largest absolute Gasteiger partial charge is 0.330 e. The van der Waals surface area contributed by atoms with Crippen LogP contribution in [0.15, 0.2) is 18.2 Å². The van der Waals surface area contributed by atoms with Gasteiger partial charge >= 0.3 is 5.69 Å². The monoisotopic (exact) mass is 238 g/mol. The zero-order chi connectivity index (χ0) is 12.5. The van der Waals surface area contributed by atoms with E-state index in [1.165, 1.54) is 12.1 Å². The van der Waals surface area contributed by atoms with Crippen LogP contribution >= 0.6 is 0 Å². The van der Waals surface area contributed by atoms with Gasteiger partial charge in [-0.25, -0.2) is 0 Å². The molecule has 0 aliphatic heterocycles. The number of benzene rings is 1. The minimum atomic E-state index is -0.777. The zero-order valence-electron chi connectivity index (χ0n) is 9.49. The quantitative estimate of drug-likeness (QED) is 0.647. The summed E-state index contributed by atoms with van der Waals surface area (Å²) < 4.78 is 13.3. The van der Waals surface area contributed by atoms with Gasteiger partial charge in [0, 0.05) is 6.07 Å². The van der Waals surface area contributed by atoms with Crippen molar-refractivity contribution in [2.24, 2.45) is 5.73 Å². The predicted octanol–water partition coefficient (Wildman–Crippen LogP) is 2.50. The van der Waals surface area contributed by atoms with Crippen molar-refractivity contribution in [3.05, 3.63) is 39.7 Å². The fraction of sp³-hybridized carbons (Fsp3) is 0.500. The van der Waals surface area contributed by atoms with Gasteiger partial charge in [0.25, 0.3) is 0 Å². The summed E-state index contributed by atoms with van der Waals surface area (Å²) in [6, 6.07) is 4.20. The summed E-state index contributed by atoms with van der Waals surface area (Å²) in [6.07, 6.45) is 3.86. The van der Waals surface area contributed by atoms with E-state index >= 15 is 0 Å². The van der Waals surface area contributed by atoms with Gasteiger partial charge in [-0.3, -0.25) is 10.1 Å². The highest BCUT2D eigenvalue weighted by molar-refractivity contribution is 5.40. The summed E-state index contributed by atoms with van der Waals surface area (Å²) in [7, 11) is 0. The van der Waals surface area contributed by atoms with Crippen LogP contribution in [0.1, 0.15) is 31.2 Å². The highest BCUT2D eigenvalue weighted by Gasteiger charge is 2.38. The molecule has 17 heavy (non-hydrogen) atoms. The van der Waals surface area contributed by atoms with Crippen molar-refractivity contribution in [3.8, 4) is 0 Å². The molecular formula is C12H15FN2O2. The zero-order valence-corrected chi connectivity index (χ0v) is 9.49. The van der Waals surface area contributed by atoms with E-state index < -0.39 is 16.4 Å². The van der Waals surface area contributed by atoms with Crippen molar-refractivity contribution in [2.45, 2.75) is 31.1 Å². The van der Waals surface area contributed by atoms with Gasteiger partial charge in [-0.05, 0) is 42.9 Å². The third-order valence-electron chi connectivity index (χ3n) is 3.69. The third kappa shape index (κ3) is 2.02. The van der Waals surface area contributed by atoms with Gasteiger partial charge in [0.05, 0.1) is 4.92 Å². The predicted molar refractivity (Wildman–Crippen MR) is 62.3 cm³/mol. The molecule has 1 aromatic carbocycles. The second-order valence-electron chi connectivity index (χ2n) is 4.60. The van der Waals surface area contributed by atoms with Crippen LogP contribution in [-0.4, -0.2) is 11.5 Å². The summed E-state index contributed by atoms with van der Waals surface area (Å²) in [6.45, 7) is 0.547. The van der Waals surface area contributed by atoms with Gasteiger partial charge in [0.1, 0.15) is 0 Å². The lowest BCUT2D eigenvalue weighted by Crippen LogP contribution is -2.36. The first-order valence-corrected chi connectivity index (χ1v) is 5.73. The molecule has 0 aromatic heterocycles. The second kappa shape index (κ2) is 4.41. The van der Waals surface area contributed by atoms with Crippen LogP contribution < -0.4 is 5.73 Å². The van der Waals surface area contributed by atoms with E-state index in [9.17, 15) is 14.5 Å². The van der Waals surface area contributed by atoms with E-state index in [1.807, 2.05) is 0 Å². The maximum atomic E-state index is 13.3. The number of halogens is 1. The van der Waals surface area contributed by atoms with Gasteiger partial charge in [0.2, 0.25) is 5.82 Å². The lowest BCUT2D eigenvalue weighted by Gasteiger charge is -2.42. The maximum Gasteiger partial charge on any atom is 0.305 e. The molecule has 5 heteroatoms. The normalized spacial score (nSPS) is 17.5. The van der Waals surface area contributed by atoms with Crippen molar-refractivity contribution >= 4 is 5.69 Å². The molecule has 0 spiro atoms. The minimum Gasteiger partial charge on any atom is -0.330 e. The molecule has 2 N–H and O–H groups in total. The molecule has 92 valence electrons. The highest BCUT2D eigenvalue weighted by atomic mass is 19.1. The first-order chi connectivity index (χ1) is 8.09. The fourth-order valence-corrected chi connectivity index (χ4v) is 2.55. The number of nitro groups is 1. The van der Waals surface area contributed by atoms with Gasteiger partial charge in [-0.1, -0.05) is 12.5 Å². The molecule has 1 aliphatic carbocycles. The van der Waals surface area contributed by atoms with E-state index in [0.717, 1.165) is 31.2 Å². The average molecular weight is 238 g/mol. The number of nitrogens with two attached hydrogens (primary N) is 1. The summed E-state index contributed by atoms with van der Waals surface area (Å²) in [5.74, 6) is -0.777. The lowest BCUT2D eigenvalue weighted by molar-refractivity contribution is -0.387. The topological polar surface area (TPSA) is 69.2 Å². The van der Waals surface area contributed by atoms with Crippen molar-refractivity contribution in [1.29, 1.82) is 0 Å². The fourth-order valence-electron chi connectivity index (χ4n) is 2.55. The molecule has 0 amide bonds. The number of hydrogen-bond acceptors (Lipinski definition) is 3. The molecule has 1 aromatic rings. The van der Waals surface area contributed by atoms with Crippen LogP contribution in [0.4, 0.5) is 10.1 Å². The first-order valence-electron chi connectivity index (χ1n) is 5.73. The molecule has 2 rings (SSSR count). The Bertz CT molecular complexity index is 444. The molecule has 0 unspecified atom stereocenters. The van der Waals surface area contributed by atoms with Crippen molar-refractivity contribution in [1.82, 2.24) is 0 Å². The third-order valence-corrected chi connectivity index (χ3v) is 3.69. The van der Waals surface area contributed by atoms with Crippen LogP contribution in [0.3, 0.4) is 0 Å². The minimum absolute atomic E-state index is 0.0623. The SMILES string of the molecule is NCCC1(c2ccc(F)c([N+](=O)[O-])c2)CCC1. The molecule has 0 bridgehead atoms. The van der Waals surface area contributed by atoms with Crippen LogP contribution in [-0.2, 0) is 5.41 Å². The number of nitro benzene ring substituents is 1. The summed E-state index contributed by atoms with van der Waals surface area (Å²) in [4.78, 5) is 10.0. The first kappa shape index (κ1) is 12.0. The Morgan fingerprint density at radius 2 is 2.18 bits per heavy atom. The molecule has 0 atom stereocenters. The molecule has 0 saturated heterocycles. The highest BCUT2D eigenvalue weighted by Crippen LogP contribution is 2.47.